The van der Waals surface area contributed by atoms with Crippen LogP contribution in [0, 0.1) is 35.0 Å². The molecule has 9 heteroatoms. The molecule has 1 atom stereocenters. The third-order valence-corrected chi connectivity index (χ3v) is 3.22. The van der Waals surface area contributed by atoms with Crippen molar-refractivity contribution in [3.63, 3.8) is 0 Å². The summed E-state index contributed by atoms with van der Waals surface area (Å²) in [6.07, 6.45) is -0.434. The lowest BCUT2D eigenvalue weighted by Crippen LogP contribution is -2.43. The average molecular weight is 309 g/mol. The fourth-order valence-electron chi connectivity index (χ4n) is 2.09. The number of amides is 1. The van der Waals surface area contributed by atoms with E-state index in [1.807, 2.05) is 0 Å². The molecule has 1 heterocycles. The lowest BCUT2D eigenvalue weighted by atomic mass is 9.97. The molecular formula is C12H8F5NO3. The van der Waals surface area contributed by atoms with Crippen molar-refractivity contribution in [3.05, 3.63) is 29.1 Å². The molecule has 0 radical (unpaired) electrons. The second-order valence-electron chi connectivity index (χ2n) is 4.50. The van der Waals surface area contributed by atoms with Gasteiger partial charge in [0.25, 0.3) is 0 Å². The second-order valence-corrected chi connectivity index (χ2v) is 4.50. The van der Waals surface area contributed by atoms with Gasteiger partial charge in [-0.25, -0.2) is 22.0 Å². The van der Waals surface area contributed by atoms with E-state index < -0.39 is 59.1 Å². The fraction of sp³-hybridized carbons (Fsp3) is 0.333. The van der Waals surface area contributed by atoms with E-state index in [2.05, 4.69) is 0 Å². The van der Waals surface area contributed by atoms with Gasteiger partial charge in [-0.1, -0.05) is 0 Å². The van der Waals surface area contributed by atoms with Crippen LogP contribution in [0.15, 0.2) is 0 Å². The number of carbonyl (C=O) groups is 2. The largest absolute Gasteiger partial charge is 0.481 e. The summed E-state index contributed by atoms with van der Waals surface area (Å²) in [5, 5.41) is 8.85. The minimum Gasteiger partial charge on any atom is -0.481 e. The third kappa shape index (κ3) is 2.43. The topological polar surface area (TPSA) is 57.6 Å². The number of rotatable bonds is 2. The maximum atomic E-state index is 13.6. The summed E-state index contributed by atoms with van der Waals surface area (Å²) in [4.78, 5) is 22.8. The molecule has 1 aliphatic heterocycles. The Balaban J connectivity index is 2.55. The zero-order valence-electron chi connectivity index (χ0n) is 10.3. The van der Waals surface area contributed by atoms with Gasteiger partial charge in [0.1, 0.15) is 5.69 Å². The minimum absolute atomic E-state index is 0.0694. The van der Waals surface area contributed by atoms with Crippen molar-refractivity contribution in [2.24, 2.45) is 5.92 Å². The van der Waals surface area contributed by atoms with Crippen molar-refractivity contribution in [1.82, 2.24) is 0 Å². The van der Waals surface area contributed by atoms with Gasteiger partial charge in [0.15, 0.2) is 23.3 Å². The van der Waals surface area contributed by atoms with Crippen LogP contribution in [0.4, 0.5) is 27.6 Å². The first-order chi connectivity index (χ1) is 9.75. The molecule has 1 N–H and O–H groups in total. The number of carbonyl (C=O) groups excluding carboxylic acids is 1. The van der Waals surface area contributed by atoms with Crippen LogP contribution in [0.1, 0.15) is 12.8 Å². The first kappa shape index (κ1) is 15.2. The molecule has 1 aromatic carbocycles. The Kier molecular flexibility index (Phi) is 3.84. The van der Waals surface area contributed by atoms with Crippen molar-refractivity contribution >= 4 is 17.6 Å². The molecule has 1 aromatic rings. The number of halogens is 5. The first-order valence-corrected chi connectivity index (χ1v) is 5.80. The number of carboxylic acid groups (broad SMARTS) is 1. The summed E-state index contributed by atoms with van der Waals surface area (Å²) in [6.45, 7) is -0.660. The number of aliphatic carboxylic acids is 1. The summed E-state index contributed by atoms with van der Waals surface area (Å²) >= 11 is 0. The van der Waals surface area contributed by atoms with Crippen LogP contribution >= 0.6 is 0 Å². The van der Waals surface area contributed by atoms with E-state index >= 15 is 0 Å². The molecular weight excluding hydrogens is 301 g/mol. The van der Waals surface area contributed by atoms with E-state index in [9.17, 15) is 31.5 Å². The number of hydrogen-bond donors (Lipinski definition) is 1. The first-order valence-electron chi connectivity index (χ1n) is 5.80. The smallest absolute Gasteiger partial charge is 0.308 e. The summed E-state index contributed by atoms with van der Waals surface area (Å²) in [6, 6.07) is 0. The molecule has 0 aromatic heterocycles. The van der Waals surface area contributed by atoms with Gasteiger partial charge >= 0.3 is 5.97 Å². The molecule has 0 spiro atoms. The van der Waals surface area contributed by atoms with Crippen molar-refractivity contribution in [2.75, 3.05) is 11.4 Å². The number of anilines is 1. The summed E-state index contributed by atoms with van der Waals surface area (Å²) in [7, 11) is 0. The van der Waals surface area contributed by atoms with Gasteiger partial charge in [-0.15, -0.1) is 0 Å². The number of nitrogens with zero attached hydrogens (tertiary/aromatic N) is 1. The van der Waals surface area contributed by atoms with Gasteiger partial charge in [0.2, 0.25) is 11.7 Å². The van der Waals surface area contributed by atoms with Crippen molar-refractivity contribution in [1.29, 1.82) is 0 Å². The highest BCUT2D eigenvalue weighted by atomic mass is 19.2. The molecule has 4 nitrogen and oxygen atoms in total. The molecule has 1 aliphatic rings. The van der Waals surface area contributed by atoms with Crippen LogP contribution in [0.25, 0.3) is 0 Å². The Hall–Kier alpha value is -2.19. The lowest BCUT2D eigenvalue weighted by Gasteiger charge is -2.31. The Labute approximate surface area is 114 Å². The fourth-order valence-corrected chi connectivity index (χ4v) is 2.09. The van der Waals surface area contributed by atoms with Crippen molar-refractivity contribution < 1.29 is 36.6 Å². The Morgan fingerprint density at radius 2 is 1.48 bits per heavy atom. The van der Waals surface area contributed by atoms with Gasteiger partial charge in [-0.05, 0) is 6.42 Å². The molecule has 1 fully saturated rings. The molecule has 114 valence electrons. The number of carboxylic acids is 1. The summed E-state index contributed by atoms with van der Waals surface area (Å²) in [5.74, 6) is -14.4. The van der Waals surface area contributed by atoms with E-state index in [-0.39, 0.29) is 12.8 Å². The van der Waals surface area contributed by atoms with Crippen LogP contribution in [0.5, 0.6) is 0 Å². The zero-order chi connectivity index (χ0) is 15.9. The van der Waals surface area contributed by atoms with Gasteiger partial charge < -0.3 is 10.0 Å². The highest BCUT2D eigenvalue weighted by Crippen LogP contribution is 2.33. The molecule has 21 heavy (non-hydrogen) atoms. The van der Waals surface area contributed by atoms with E-state index in [0.29, 0.717) is 4.90 Å². The van der Waals surface area contributed by atoms with Gasteiger partial charge in [0.05, 0.1) is 5.92 Å². The molecule has 0 bridgehead atoms. The third-order valence-electron chi connectivity index (χ3n) is 3.22. The van der Waals surface area contributed by atoms with Crippen LogP contribution in [0.3, 0.4) is 0 Å². The van der Waals surface area contributed by atoms with Crippen LogP contribution in [-0.2, 0) is 9.59 Å². The monoisotopic (exact) mass is 309 g/mol. The van der Waals surface area contributed by atoms with Crippen LogP contribution in [0.2, 0.25) is 0 Å². The summed E-state index contributed by atoms with van der Waals surface area (Å²) in [5.41, 5.74) is -1.41. The predicted octanol–water partition coefficient (Wildman–Crippen LogP) is 2.21. The predicted molar refractivity (Wildman–Crippen MR) is 58.9 cm³/mol. The quantitative estimate of drug-likeness (QED) is 0.518. The molecule has 1 unspecified atom stereocenters. The highest BCUT2D eigenvalue weighted by molar-refractivity contribution is 5.95. The molecule has 1 amide bonds. The van der Waals surface area contributed by atoms with Crippen molar-refractivity contribution in [3.8, 4) is 0 Å². The van der Waals surface area contributed by atoms with Gasteiger partial charge in [-0.2, -0.15) is 0 Å². The van der Waals surface area contributed by atoms with E-state index in [1.165, 1.54) is 0 Å². The SMILES string of the molecule is O=C(O)C1CCC(=O)N(c2c(F)c(F)c(F)c(F)c2F)C1. The Morgan fingerprint density at radius 3 is 1.95 bits per heavy atom. The number of piperidine rings is 1. The standard InChI is InChI=1S/C12H8F5NO3/c13-6-7(14)9(16)11(10(17)8(6)15)18-3-4(12(20)21)1-2-5(18)19/h4H,1-3H2,(H,20,21). The summed E-state index contributed by atoms with van der Waals surface area (Å²) < 4.78 is 66.4. The van der Waals surface area contributed by atoms with E-state index in [4.69, 9.17) is 5.11 Å². The van der Waals surface area contributed by atoms with Gasteiger partial charge in [-0.3, -0.25) is 9.59 Å². The maximum absolute atomic E-state index is 13.6. The second kappa shape index (κ2) is 5.30. The Bertz CT molecular complexity index is 605. The zero-order valence-corrected chi connectivity index (χ0v) is 10.3. The van der Waals surface area contributed by atoms with E-state index in [0.717, 1.165) is 0 Å². The van der Waals surface area contributed by atoms with Gasteiger partial charge in [0, 0.05) is 13.0 Å². The molecule has 0 aliphatic carbocycles. The Morgan fingerprint density at radius 1 is 1.00 bits per heavy atom. The molecule has 1 saturated heterocycles. The number of hydrogen-bond acceptors (Lipinski definition) is 2. The molecule has 2 rings (SSSR count). The van der Waals surface area contributed by atoms with E-state index in [1.54, 1.807) is 0 Å². The normalized spacial score (nSPS) is 19.0. The van der Waals surface area contributed by atoms with Crippen LogP contribution in [-0.4, -0.2) is 23.5 Å². The highest BCUT2D eigenvalue weighted by Gasteiger charge is 2.37. The maximum Gasteiger partial charge on any atom is 0.308 e. The van der Waals surface area contributed by atoms with Crippen LogP contribution < -0.4 is 4.90 Å². The average Bonchev–Trinajstić information content (AvgIpc) is 2.45. The molecule has 0 saturated carbocycles. The minimum atomic E-state index is -2.34. The van der Waals surface area contributed by atoms with Crippen molar-refractivity contribution in [2.45, 2.75) is 12.8 Å². The lowest BCUT2D eigenvalue weighted by molar-refractivity contribution is -0.142. The number of benzene rings is 1.